The van der Waals surface area contributed by atoms with Crippen molar-refractivity contribution in [2.45, 2.75) is 25.4 Å². The maximum atomic E-state index is 12.1. The lowest BCUT2D eigenvalue weighted by Gasteiger charge is -2.45. The highest BCUT2D eigenvalue weighted by Crippen LogP contribution is 2.38. The number of hydrogen-bond acceptors (Lipinski definition) is 2. The van der Waals surface area contributed by atoms with E-state index in [0.717, 1.165) is 22.1 Å². The lowest BCUT2D eigenvalue weighted by Crippen LogP contribution is -2.63. The van der Waals surface area contributed by atoms with Crippen LogP contribution in [0.1, 0.15) is 24.1 Å². The number of rotatable bonds is 3. The van der Waals surface area contributed by atoms with E-state index >= 15 is 0 Å². The van der Waals surface area contributed by atoms with Crippen LogP contribution in [-0.2, 0) is 11.2 Å². The first kappa shape index (κ1) is 14.3. The average Bonchev–Trinajstić information content (AvgIpc) is 2.53. The summed E-state index contributed by atoms with van der Waals surface area (Å²) < 4.78 is 0.993. The molecule has 2 atom stereocenters. The predicted octanol–water partition coefficient (Wildman–Crippen LogP) is 3.43. The van der Waals surface area contributed by atoms with Crippen LogP contribution in [0.25, 0.3) is 0 Å². The van der Waals surface area contributed by atoms with Crippen molar-refractivity contribution in [1.82, 2.24) is 0 Å². The first-order valence-corrected chi connectivity index (χ1v) is 7.84. The fourth-order valence-corrected chi connectivity index (χ4v) is 2.97. The Labute approximate surface area is 132 Å². The zero-order chi connectivity index (χ0) is 15.0. The van der Waals surface area contributed by atoms with Crippen molar-refractivity contribution in [1.29, 1.82) is 0 Å². The topological polar surface area (TPSA) is 46.3 Å². The summed E-state index contributed by atoms with van der Waals surface area (Å²) >= 11 is 3.41. The molecule has 0 saturated carbocycles. The summed E-state index contributed by atoms with van der Waals surface area (Å²) in [5, 5.41) is 0. The van der Waals surface area contributed by atoms with Gasteiger partial charge in [0.1, 0.15) is 6.04 Å². The molecule has 0 bridgehead atoms. The van der Waals surface area contributed by atoms with E-state index in [2.05, 4.69) is 47.1 Å². The standard InChI is InChI=1S/C17H17BrN2O/c1-2-11-3-5-12(6-4-11)16-15(19)17(21)20(16)14-9-7-13(18)8-10-14/h3-10,15-16H,2,19H2,1H3/t15-,16-/m1/s1. The number of benzene rings is 2. The van der Waals surface area contributed by atoms with Crippen LogP contribution < -0.4 is 10.6 Å². The highest BCUT2D eigenvalue weighted by molar-refractivity contribution is 9.10. The number of hydrogen-bond donors (Lipinski definition) is 1. The molecule has 2 aromatic rings. The van der Waals surface area contributed by atoms with Crippen LogP contribution in [0.2, 0.25) is 0 Å². The highest BCUT2D eigenvalue weighted by Gasteiger charge is 2.46. The van der Waals surface area contributed by atoms with Crippen molar-refractivity contribution in [3.63, 3.8) is 0 Å². The van der Waals surface area contributed by atoms with Gasteiger partial charge >= 0.3 is 0 Å². The maximum absolute atomic E-state index is 12.1. The number of amides is 1. The minimum atomic E-state index is -0.457. The number of halogens is 1. The fraction of sp³-hybridized carbons (Fsp3) is 0.235. The quantitative estimate of drug-likeness (QED) is 0.867. The molecule has 21 heavy (non-hydrogen) atoms. The molecule has 0 aliphatic carbocycles. The predicted molar refractivity (Wildman–Crippen MR) is 88.2 cm³/mol. The molecule has 1 saturated heterocycles. The van der Waals surface area contributed by atoms with E-state index in [-0.39, 0.29) is 11.9 Å². The number of carbonyl (C=O) groups is 1. The Bertz CT molecular complexity index is 651. The van der Waals surface area contributed by atoms with E-state index < -0.39 is 6.04 Å². The van der Waals surface area contributed by atoms with Crippen LogP contribution in [-0.4, -0.2) is 11.9 Å². The Hall–Kier alpha value is -1.65. The average molecular weight is 345 g/mol. The summed E-state index contributed by atoms with van der Waals surface area (Å²) in [6, 6.07) is 15.5. The highest BCUT2D eigenvalue weighted by atomic mass is 79.9. The molecule has 1 heterocycles. The molecule has 1 aliphatic rings. The van der Waals surface area contributed by atoms with E-state index in [1.807, 2.05) is 24.3 Å². The summed E-state index contributed by atoms with van der Waals surface area (Å²) in [4.78, 5) is 13.9. The molecule has 1 fully saturated rings. The smallest absolute Gasteiger partial charge is 0.247 e. The Kier molecular flexibility index (Phi) is 3.83. The minimum Gasteiger partial charge on any atom is -0.318 e. The zero-order valence-electron chi connectivity index (χ0n) is 11.8. The maximum Gasteiger partial charge on any atom is 0.247 e. The molecule has 4 heteroatoms. The molecule has 108 valence electrons. The van der Waals surface area contributed by atoms with Gasteiger partial charge in [-0.15, -0.1) is 0 Å². The molecule has 3 nitrogen and oxygen atoms in total. The van der Waals surface area contributed by atoms with Crippen LogP contribution in [0.15, 0.2) is 53.0 Å². The van der Waals surface area contributed by atoms with Gasteiger partial charge in [-0.3, -0.25) is 4.79 Å². The zero-order valence-corrected chi connectivity index (χ0v) is 13.4. The van der Waals surface area contributed by atoms with Crippen LogP contribution in [0, 0.1) is 0 Å². The van der Waals surface area contributed by atoms with Gasteiger partial charge in [-0.05, 0) is 41.8 Å². The van der Waals surface area contributed by atoms with Gasteiger partial charge in [0.2, 0.25) is 5.91 Å². The molecule has 0 unspecified atom stereocenters. The Morgan fingerprint density at radius 3 is 2.29 bits per heavy atom. The molecule has 1 amide bonds. The van der Waals surface area contributed by atoms with E-state index in [0.29, 0.717) is 0 Å². The fourth-order valence-electron chi connectivity index (χ4n) is 2.71. The van der Waals surface area contributed by atoms with Crippen molar-refractivity contribution >= 4 is 27.5 Å². The molecule has 1 aliphatic heterocycles. The molecule has 2 aromatic carbocycles. The van der Waals surface area contributed by atoms with E-state index in [1.165, 1.54) is 5.56 Å². The monoisotopic (exact) mass is 344 g/mol. The van der Waals surface area contributed by atoms with Crippen molar-refractivity contribution in [2.24, 2.45) is 5.73 Å². The summed E-state index contributed by atoms with van der Waals surface area (Å²) in [5.41, 5.74) is 9.28. The van der Waals surface area contributed by atoms with Crippen molar-refractivity contribution in [2.75, 3.05) is 4.90 Å². The Balaban J connectivity index is 1.92. The number of carbonyl (C=O) groups excluding carboxylic acids is 1. The van der Waals surface area contributed by atoms with Gasteiger partial charge in [0.25, 0.3) is 0 Å². The van der Waals surface area contributed by atoms with Gasteiger partial charge in [-0.1, -0.05) is 47.1 Å². The molecule has 0 aromatic heterocycles. The third kappa shape index (κ3) is 2.49. The molecule has 0 spiro atoms. The van der Waals surface area contributed by atoms with E-state index in [1.54, 1.807) is 4.90 Å². The van der Waals surface area contributed by atoms with Gasteiger partial charge in [-0.2, -0.15) is 0 Å². The number of nitrogens with zero attached hydrogens (tertiary/aromatic N) is 1. The van der Waals surface area contributed by atoms with E-state index in [4.69, 9.17) is 5.73 Å². The molecule has 2 N–H and O–H groups in total. The van der Waals surface area contributed by atoms with Gasteiger partial charge in [0, 0.05) is 10.2 Å². The van der Waals surface area contributed by atoms with Crippen molar-refractivity contribution < 1.29 is 4.79 Å². The third-order valence-electron chi connectivity index (χ3n) is 3.98. The summed E-state index contributed by atoms with van der Waals surface area (Å²) in [7, 11) is 0. The van der Waals surface area contributed by atoms with E-state index in [9.17, 15) is 4.79 Å². The summed E-state index contributed by atoms with van der Waals surface area (Å²) in [6.45, 7) is 2.13. The number of aryl methyl sites for hydroxylation is 1. The summed E-state index contributed by atoms with van der Waals surface area (Å²) in [5.74, 6) is -0.0260. The van der Waals surface area contributed by atoms with Gasteiger partial charge in [0.15, 0.2) is 0 Å². The van der Waals surface area contributed by atoms with Crippen LogP contribution in [0.5, 0.6) is 0 Å². The number of β-lactam (4-membered cyclic amide) rings is 1. The lowest BCUT2D eigenvalue weighted by molar-refractivity contribution is -0.126. The second-order valence-electron chi connectivity index (χ2n) is 5.25. The Morgan fingerprint density at radius 2 is 1.71 bits per heavy atom. The van der Waals surface area contributed by atoms with Crippen LogP contribution in [0.4, 0.5) is 5.69 Å². The van der Waals surface area contributed by atoms with Crippen LogP contribution >= 0.6 is 15.9 Å². The van der Waals surface area contributed by atoms with Gasteiger partial charge in [0.05, 0.1) is 6.04 Å². The molecule has 0 radical (unpaired) electrons. The molecule has 3 rings (SSSR count). The Morgan fingerprint density at radius 1 is 1.10 bits per heavy atom. The second kappa shape index (κ2) is 5.62. The van der Waals surface area contributed by atoms with Gasteiger partial charge < -0.3 is 10.6 Å². The number of anilines is 1. The SMILES string of the molecule is CCc1ccc([C@@H]2[C@@H](N)C(=O)N2c2ccc(Br)cc2)cc1. The largest absolute Gasteiger partial charge is 0.318 e. The summed E-state index contributed by atoms with van der Waals surface area (Å²) in [6.07, 6.45) is 1.01. The van der Waals surface area contributed by atoms with Crippen LogP contribution in [0.3, 0.4) is 0 Å². The van der Waals surface area contributed by atoms with Gasteiger partial charge in [-0.25, -0.2) is 0 Å². The lowest BCUT2D eigenvalue weighted by atomic mass is 9.88. The van der Waals surface area contributed by atoms with Crippen molar-refractivity contribution in [3.05, 3.63) is 64.1 Å². The second-order valence-corrected chi connectivity index (χ2v) is 6.17. The normalized spacial score (nSPS) is 21.3. The first-order valence-electron chi connectivity index (χ1n) is 7.05. The number of nitrogens with two attached hydrogens (primary N) is 1. The molecular formula is C17H17BrN2O. The minimum absolute atomic E-state index is 0.0260. The first-order chi connectivity index (χ1) is 10.1. The third-order valence-corrected chi connectivity index (χ3v) is 4.50. The van der Waals surface area contributed by atoms with Crippen molar-refractivity contribution in [3.8, 4) is 0 Å². The molecular weight excluding hydrogens is 328 g/mol.